The minimum atomic E-state index is -0.260. The number of nitrogen functional groups attached to an aromatic ring is 2. The highest BCUT2D eigenvalue weighted by Gasteiger charge is 2.27. The second-order valence-electron chi connectivity index (χ2n) is 10.7. The fourth-order valence-electron chi connectivity index (χ4n) is 5.40. The number of amides is 2. The number of fused-ring (bicyclic) bond motifs is 1. The number of carbonyl (C=O) groups excluding carboxylic acids is 2. The van der Waals surface area contributed by atoms with E-state index in [0.717, 1.165) is 30.5 Å². The van der Waals surface area contributed by atoms with Gasteiger partial charge in [-0.3, -0.25) is 14.5 Å². The van der Waals surface area contributed by atoms with Crippen LogP contribution >= 0.6 is 0 Å². The molecule has 0 spiro atoms. The van der Waals surface area contributed by atoms with Crippen molar-refractivity contribution in [2.75, 3.05) is 41.7 Å². The summed E-state index contributed by atoms with van der Waals surface area (Å²) in [7, 11) is 0. The van der Waals surface area contributed by atoms with Crippen molar-refractivity contribution in [1.29, 1.82) is 0 Å². The van der Waals surface area contributed by atoms with Crippen molar-refractivity contribution in [1.82, 2.24) is 29.6 Å². The number of hydrogen-bond acceptors (Lipinski definition) is 9. The third kappa shape index (κ3) is 5.99. The number of anilines is 4. The molecule has 12 nitrogen and oxygen atoms in total. The topological polar surface area (TPSA) is 170 Å². The van der Waals surface area contributed by atoms with E-state index in [4.69, 9.17) is 16.6 Å². The van der Waals surface area contributed by atoms with Crippen LogP contribution in [0.5, 0.6) is 0 Å². The summed E-state index contributed by atoms with van der Waals surface area (Å²) < 4.78 is 1.89. The third-order valence-electron chi connectivity index (χ3n) is 7.52. The number of nitrogens with one attached hydrogen (secondary N) is 2. The van der Waals surface area contributed by atoms with Gasteiger partial charge in [-0.2, -0.15) is 5.10 Å². The van der Waals surface area contributed by atoms with Crippen LogP contribution in [0, 0.1) is 6.92 Å². The van der Waals surface area contributed by atoms with Crippen molar-refractivity contribution in [3.8, 4) is 11.3 Å². The van der Waals surface area contributed by atoms with Gasteiger partial charge in [0.05, 0.1) is 29.3 Å². The number of nitrogens with two attached hydrogens (primary N) is 2. The summed E-state index contributed by atoms with van der Waals surface area (Å²) in [5, 5.41) is 11.4. The van der Waals surface area contributed by atoms with E-state index in [-0.39, 0.29) is 24.4 Å². The van der Waals surface area contributed by atoms with Crippen molar-refractivity contribution in [2.45, 2.75) is 25.8 Å². The Bertz CT molecular complexity index is 1800. The number of para-hydroxylation sites is 2. The van der Waals surface area contributed by atoms with Crippen LogP contribution in [-0.4, -0.2) is 61.1 Å². The van der Waals surface area contributed by atoms with E-state index in [1.165, 1.54) is 6.33 Å². The fourth-order valence-corrected chi connectivity index (χ4v) is 5.40. The van der Waals surface area contributed by atoms with E-state index in [0.29, 0.717) is 51.8 Å². The molecule has 1 atom stereocenters. The van der Waals surface area contributed by atoms with Crippen LogP contribution in [0.4, 0.5) is 23.0 Å². The lowest BCUT2D eigenvalue weighted by atomic mass is 10.1. The Morgan fingerprint density at radius 1 is 1.00 bits per heavy atom. The maximum Gasteiger partial charge on any atom is 0.256 e. The second kappa shape index (κ2) is 11.9. The molecular formula is C31H32N10O2. The Kier molecular flexibility index (Phi) is 7.67. The minimum absolute atomic E-state index is 0.0271. The zero-order valence-corrected chi connectivity index (χ0v) is 23.7. The van der Waals surface area contributed by atoms with Gasteiger partial charge in [0.15, 0.2) is 5.65 Å². The van der Waals surface area contributed by atoms with Crippen LogP contribution in [0.3, 0.4) is 0 Å². The van der Waals surface area contributed by atoms with Crippen LogP contribution in [0.25, 0.3) is 22.3 Å². The molecule has 6 rings (SSSR count). The van der Waals surface area contributed by atoms with Crippen LogP contribution < -0.4 is 22.1 Å². The minimum Gasteiger partial charge on any atom is -0.397 e. The predicted octanol–water partition coefficient (Wildman–Crippen LogP) is 3.89. The molecule has 43 heavy (non-hydrogen) atoms. The molecule has 1 unspecified atom stereocenters. The quantitative estimate of drug-likeness (QED) is 0.210. The van der Waals surface area contributed by atoms with Gasteiger partial charge in [0.1, 0.15) is 23.7 Å². The number of aryl methyl sites for hydroxylation is 1. The molecule has 0 saturated carbocycles. The zero-order valence-electron chi connectivity index (χ0n) is 23.7. The summed E-state index contributed by atoms with van der Waals surface area (Å²) in [5.41, 5.74) is 17.0. The van der Waals surface area contributed by atoms with Crippen LogP contribution in [0.2, 0.25) is 0 Å². The highest BCUT2D eigenvalue weighted by atomic mass is 16.2. The van der Waals surface area contributed by atoms with Gasteiger partial charge in [0.25, 0.3) is 5.91 Å². The Morgan fingerprint density at radius 3 is 2.60 bits per heavy atom. The number of likely N-dealkylation sites (tertiary alicyclic amines) is 1. The first kappa shape index (κ1) is 27.8. The third-order valence-corrected chi connectivity index (χ3v) is 7.52. The molecule has 1 fully saturated rings. The van der Waals surface area contributed by atoms with Gasteiger partial charge in [-0.25, -0.2) is 19.6 Å². The molecule has 2 amide bonds. The average molecular weight is 577 g/mol. The van der Waals surface area contributed by atoms with E-state index in [1.807, 2.05) is 48.0 Å². The lowest BCUT2D eigenvalue weighted by molar-refractivity contribution is -0.117. The molecule has 12 heteroatoms. The van der Waals surface area contributed by atoms with E-state index in [9.17, 15) is 9.59 Å². The number of hydrogen-bond donors (Lipinski definition) is 4. The largest absolute Gasteiger partial charge is 0.397 e. The molecule has 1 saturated heterocycles. The van der Waals surface area contributed by atoms with E-state index < -0.39 is 0 Å². The van der Waals surface area contributed by atoms with Crippen molar-refractivity contribution in [2.24, 2.45) is 0 Å². The molecular weight excluding hydrogens is 544 g/mol. The van der Waals surface area contributed by atoms with E-state index in [1.54, 1.807) is 30.5 Å². The van der Waals surface area contributed by atoms with Crippen molar-refractivity contribution in [3.63, 3.8) is 0 Å². The van der Waals surface area contributed by atoms with Crippen molar-refractivity contribution in [3.05, 3.63) is 84.3 Å². The molecule has 4 heterocycles. The number of piperidine rings is 1. The molecule has 0 aliphatic carbocycles. The molecule has 1 aliphatic rings. The first-order valence-electron chi connectivity index (χ1n) is 14.1. The van der Waals surface area contributed by atoms with Gasteiger partial charge in [-0.15, -0.1) is 0 Å². The fraction of sp³-hybridized carbons (Fsp3) is 0.226. The summed E-state index contributed by atoms with van der Waals surface area (Å²) in [6.07, 6.45) is 4.85. The SMILES string of the molecule is Cc1ccnc(NC(=O)c2ccc(-c3nn(C4CCCN(CC(=O)Nc5ccccc5N)C4)c4ncnc(N)c34)cc2)c1. The number of carbonyl (C=O) groups is 2. The predicted molar refractivity (Wildman–Crippen MR) is 166 cm³/mol. The van der Waals surface area contributed by atoms with Gasteiger partial charge >= 0.3 is 0 Å². The standard InChI is InChI=1S/C31H32N10O2/c1-19-12-13-34-25(15-19)38-31(43)21-10-8-20(9-11-21)28-27-29(33)35-18-36-30(27)41(39-28)22-5-4-14-40(16-22)17-26(42)37-24-7-3-2-6-23(24)32/h2-3,6-13,15,18,22H,4-5,14,16-17,32H2,1H3,(H,37,42)(H2,33,35,36)(H,34,38,43). The van der Waals surface area contributed by atoms with Gasteiger partial charge in [-0.05, 0) is 68.3 Å². The van der Waals surface area contributed by atoms with Gasteiger partial charge in [0, 0.05) is 23.9 Å². The highest BCUT2D eigenvalue weighted by Crippen LogP contribution is 2.34. The van der Waals surface area contributed by atoms with Gasteiger partial charge in [0.2, 0.25) is 5.91 Å². The maximum absolute atomic E-state index is 12.8. The second-order valence-corrected chi connectivity index (χ2v) is 10.7. The zero-order chi connectivity index (χ0) is 29.9. The van der Waals surface area contributed by atoms with Gasteiger partial charge < -0.3 is 22.1 Å². The number of aromatic nitrogens is 5. The Morgan fingerprint density at radius 2 is 1.81 bits per heavy atom. The summed E-state index contributed by atoms with van der Waals surface area (Å²) in [5.74, 6) is 0.431. The molecule has 0 bridgehead atoms. The number of pyridine rings is 1. The van der Waals surface area contributed by atoms with Crippen molar-refractivity contribution >= 4 is 45.9 Å². The maximum atomic E-state index is 12.8. The molecule has 0 radical (unpaired) electrons. The summed E-state index contributed by atoms with van der Waals surface area (Å²) in [6.45, 7) is 3.58. The molecule has 1 aliphatic heterocycles. The molecule has 218 valence electrons. The monoisotopic (exact) mass is 576 g/mol. The molecule has 3 aromatic heterocycles. The van der Waals surface area contributed by atoms with E-state index in [2.05, 4.69) is 30.5 Å². The van der Waals surface area contributed by atoms with Crippen LogP contribution in [0.15, 0.2) is 73.2 Å². The van der Waals surface area contributed by atoms with Crippen molar-refractivity contribution < 1.29 is 9.59 Å². The lowest BCUT2D eigenvalue weighted by Gasteiger charge is -2.32. The van der Waals surface area contributed by atoms with Gasteiger partial charge in [-0.1, -0.05) is 24.3 Å². The smallest absolute Gasteiger partial charge is 0.256 e. The average Bonchev–Trinajstić information content (AvgIpc) is 3.40. The lowest BCUT2D eigenvalue weighted by Crippen LogP contribution is -2.41. The number of nitrogens with zero attached hydrogens (tertiary/aromatic N) is 6. The normalized spacial score (nSPS) is 15.3. The number of benzene rings is 2. The first-order valence-corrected chi connectivity index (χ1v) is 14.1. The highest BCUT2D eigenvalue weighted by molar-refractivity contribution is 6.04. The Labute approximate surface area is 248 Å². The number of rotatable bonds is 7. The molecule has 2 aromatic carbocycles. The summed E-state index contributed by atoms with van der Waals surface area (Å²) in [4.78, 5) is 40.7. The summed E-state index contributed by atoms with van der Waals surface area (Å²) in [6, 6.07) is 18.0. The van der Waals surface area contributed by atoms with E-state index >= 15 is 0 Å². The molecule has 6 N–H and O–H groups in total. The first-order chi connectivity index (χ1) is 20.9. The van der Waals surface area contributed by atoms with Crippen LogP contribution in [-0.2, 0) is 4.79 Å². The summed E-state index contributed by atoms with van der Waals surface area (Å²) >= 11 is 0. The Hall–Kier alpha value is -5.36. The Balaban J connectivity index is 1.22. The van der Waals surface area contributed by atoms with Crippen LogP contribution in [0.1, 0.15) is 34.8 Å². The molecule has 5 aromatic rings.